The highest BCUT2D eigenvalue weighted by Gasteiger charge is 2.50. The SMILES string of the molecule is O=[N+]([O-])c1ccccc1S(=O)(=O)N1CCCC12CCNC2. The Hall–Kier alpha value is -1.51. The van der Waals surface area contributed by atoms with E-state index in [0.717, 1.165) is 25.8 Å². The molecule has 1 unspecified atom stereocenters. The number of nitro groups is 1. The molecule has 2 heterocycles. The molecule has 2 aliphatic rings. The van der Waals surface area contributed by atoms with Gasteiger partial charge in [-0.3, -0.25) is 10.1 Å². The molecular weight excluding hydrogens is 294 g/mol. The lowest BCUT2D eigenvalue weighted by Gasteiger charge is -2.33. The van der Waals surface area contributed by atoms with Gasteiger partial charge in [-0.25, -0.2) is 8.42 Å². The van der Waals surface area contributed by atoms with E-state index in [1.54, 1.807) is 0 Å². The average molecular weight is 311 g/mol. The minimum absolute atomic E-state index is 0.205. The average Bonchev–Trinajstić information content (AvgIpc) is 3.10. The molecule has 1 N–H and O–H groups in total. The number of para-hydroxylation sites is 1. The lowest BCUT2D eigenvalue weighted by Crippen LogP contribution is -2.48. The zero-order chi connectivity index (χ0) is 15.1. The van der Waals surface area contributed by atoms with Crippen LogP contribution in [0.3, 0.4) is 0 Å². The third kappa shape index (κ3) is 2.23. The molecule has 0 amide bonds. The molecule has 0 aliphatic carbocycles. The quantitative estimate of drug-likeness (QED) is 0.667. The molecule has 2 aliphatic heterocycles. The van der Waals surface area contributed by atoms with Gasteiger partial charge in [0.1, 0.15) is 0 Å². The minimum atomic E-state index is -3.85. The molecule has 0 aromatic heterocycles. The van der Waals surface area contributed by atoms with Gasteiger partial charge in [0.05, 0.1) is 4.92 Å². The van der Waals surface area contributed by atoms with Crippen LogP contribution in [0.2, 0.25) is 0 Å². The van der Waals surface area contributed by atoms with Crippen LogP contribution < -0.4 is 5.32 Å². The second-order valence-electron chi connectivity index (χ2n) is 5.56. The van der Waals surface area contributed by atoms with Crippen LogP contribution in [-0.4, -0.2) is 42.8 Å². The van der Waals surface area contributed by atoms with Crippen LogP contribution in [0.4, 0.5) is 5.69 Å². The van der Waals surface area contributed by atoms with Crippen molar-refractivity contribution in [1.82, 2.24) is 9.62 Å². The Balaban J connectivity index is 2.07. The van der Waals surface area contributed by atoms with Gasteiger partial charge >= 0.3 is 0 Å². The highest BCUT2D eigenvalue weighted by molar-refractivity contribution is 7.89. The van der Waals surface area contributed by atoms with Crippen molar-refractivity contribution in [3.8, 4) is 0 Å². The minimum Gasteiger partial charge on any atom is -0.315 e. The van der Waals surface area contributed by atoms with Crippen molar-refractivity contribution in [2.75, 3.05) is 19.6 Å². The van der Waals surface area contributed by atoms with Crippen LogP contribution in [0.5, 0.6) is 0 Å². The van der Waals surface area contributed by atoms with Crippen LogP contribution in [-0.2, 0) is 10.0 Å². The van der Waals surface area contributed by atoms with Gasteiger partial charge in [-0.05, 0) is 31.9 Å². The van der Waals surface area contributed by atoms with Crippen LogP contribution in [0.1, 0.15) is 19.3 Å². The Labute approximate surface area is 123 Å². The molecule has 1 aromatic carbocycles. The number of hydrogen-bond acceptors (Lipinski definition) is 5. The van der Waals surface area contributed by atoms with Gasteiger partial charge in [0, 0.05) is 24.7 Å². The maximum atomic E-state index is 12.9. The number of nitro benzene ring substituents is 1. The molecule has 0 saturated carbocycles. The molecule has 114 valence electrons. The fourth-order valence-electron chi connectivity index (χ4n) is 3.39. The van der Waals surface area contributed by atoms with E-state index in [1.807, 2.05) is 0 Å². The van der Waals surface area contributed by atoms with E-state index in [4.69, 9.17) is 0 Å². The first-order valence-electron chi connectivity index (χ1n) is 6.94. The summed E-state index contributed by atoms with van der Waals surface area (Å²) in [5.41, 5.74) is -0.770. The zero-order valence-electron chi connectivity index (χ0n) is 11.5. The van der Waals surface area contributed by atoms with Crippen molar-refractivity contribution in [3.63, 3.8) is 0 Å². The fraction of sp³-hybridized carbons (Fsp3) is 0.538. The van der Waals surface area contributed by atoms with Crippen molar-refractivity contribution in [1.29, 1.82) is 0 Å². The molecule has 2 saturated heterocycles. The lowest BCUT2D eigenvalue weighted by molar-refractivity contribution is -0.387. The first-order chi connectivity index (χ1) is 9.97. The number of sulfonamides is 1. The van der Waals surface area contributed by atoms with Crippen molar-refractivity contribution in [3.05, 3.63) is 34.4 Å². The number of nitrogens with one attached hydrogen (secondary N) is 1. The molecule has 0 radical (unpaired) electrons. The Morgan fingerprint density at radius 2 is 2.05 bits per heavy atom. The summed E-state index contributed by atoms with van der Waals surface area (Å²) >= 11 is 0. The van der Waals surface area contributed by atoms with Crippen molar-refractivity contribution in [2.45, 2.75) is 29.7 Å². The van der Waals surface area contributed by atoms with Gasteiger partial charge in [-0.15, -0.1) is 0 Å². The first kappa shape index (κ1) is 14.4. The molecular formula is C13H17N3O4S. The van der Waals surface area contributed by atoms with Crippen molar-refractivity contribution in [2.24, 2.45) is 0 Å². The maximum Gasteiger partial charge on any atom is 0.289 e. The van der Waals surface area contributed by atoms with E-state index in [2.05, 4.69) is 5.32 Å². The van der Waals surface area contributed by atoms with Gasteiger partial charge < -0.3 is 5.32 Å². The van der Waals surface area contributed by atoms with E-state index < -0.39 is 20.5 Å². The second kappa shape index (κ2) is 5.04. The number of hydrogen-bond donors (Lipinski definition) is 1. The molecule has 0 bridgehead atoms. The number of benzene rings is 1. The lowest BCUT2D eigenvalue weighted by atomic mass is 9.97. The summed E-state index contributed by atoms with van der Waals surface area (Å²) in [5.74, 6) is 0. The molecule has 1 aromatic rings. The maximum absolute atomic E-state index is 12.9. The van der Waals surface area contributed by atoms with Gasteiger partial charge in [0.2, 0.25) is 10.0 Å². The van der Waals surface area contributed by atoms with Gasteiger partial charge in [0.15, 0.2) is 4.90 Å². The Bertz CT molecular complexity index is 662. The first-order valence-corrected chi connectivity index (χ1v) is 8.38. The van der Waals surface area contributed by atoms with Gasteiger partial charge in [-0.1, -0.05) is 12.1 Å². The van der Waals surface area contributed by atoms with Crippen molar-refractivity contribution < 1.29 is 13.3 Å². The molecule has 1 atom stereocenters. The van der Waals surface area contributed by atoms with E-state index in [0.29, 0.717) is 13.1 Å². The third-order valence-electron chi connectivity index (χ3n) is 4.38. The fourth-order valence-corrected chi connectivity index (χ4v) is 5.41. The predicted octanol–water partition coefficient (Wildman–Crippen LogP) is 1.11. The molecule has 8 heteroatoms. The summed E-state index contributed by atoms with van der Waals surface area (Å²) in [6.07, 6.45) is 2.36. The van der Waals surface area contributed by atoms with E-state index in [-0.39, 0.29) is 10.6 Å². The zero-order valence-corrected chi connectivity index (χ0v) is 12.3. The van der Waals surface area contributed by atoms with Crippen LogP contribution in [0, 0.1) is 10.1 Å². The predicted molar refractivity (Wildman–Crippen MR) is 76.4 cm³/mol. The molecule has 2 fully saturated rings. The summed E-state index contributed by atoms with van der Waals surface area (Å²) in [5, 5.41) is 14.3. The standard InChI is InChI=1S/C13H17N3O4S/c17-16(18)11-4-1-2-5-12(11)21(19,20)15-9-3-6-13(15)7-8-14-10-13/h1-2,4-5,14H,3,6-10H2. The van der Waals surface area contributed by atoms with Crippen molar-refractivity contribution >= 4 is 15.7 Å². The molecule has 21 heavy (non-hydrogen) atoms. The van der Waals surface area contributed by atoms with E-state index >= 15 is 0 Å². The highest BCUT2D eigenvalue weighted by Crippen LogP contribution is 2.40. The molecule has 1 spiro atoms. The third-order valence-corrected chi connectivity index (χ3v) is 6.43. The van der Waals surface area contributed by atoms with E-state index in [9.17, 15) is 18.5 Å². The summed E-state index contributed by atoms with van der Waals surface area (Å²) in [7, 11) is -3.85. The normalized spacial score (nSPS) is 26.5. The summed E-state index contributed by atoms with van der Waals surface area (Å²) < 4.78 is 27.3. The second-order valence-corrected chi connectivity index (χ2v) is 7.39. The monoisotopic (exact) mass is 311 g/mol. The smallest absolute Gasteiger partial charge is 0.289 e. The topological polar surface area (TPSA) is 92.5 Å². The van der Waals surface area contributed by atoms with Crippen LogP contribution in [0.25, 0.3) is 0 Å². The van der Waals surface area contributed by atoms with Crippen LogP contribution >= 0.6 is 0 Å². The number of rotatable bonds is 3. The Kier molecular flexibility index (Phi) is 3.46. The highest BCUT2D eigenvalue weighted by atomic mass is 32.2. The van der Waals surface area contributed by atoms with Crippen LogP contribution in [0.15, 0.2) is 29.2 Å². The molecule has 7 nitrogen and oxygen atoms in total. The van der Waals surface area contributed by atoms with E-state index in [1.165, 1.54) is 28.6 Å². The Morgan fingerprint density at radius 3 is 2.71 bits per heavy atom. The summed E-state index contributed by atoms with van der Waals surface area (Å²) in [4.78, 5) is 10.3. The Morgan fingerprint density at radius 1 is 1.29 bits per heavy atom. The largest absolute Gasteiger partial charge is 0.315 e. The van der Waals surface area contributed by atoms with Gasteiger partial charge in [-0.2, -0.15) is 4.31 Å². The summed E-state index contributed by atoms with van der Waals surface area (Å²) in [6.45, 7) is 1.83. The van der Waals surface area contributed by atoms with Gasteiger partial charge in [0.25, 0.3) is 5.69 Å². The molecule has 3 rings (SSSR count). The number of nitrogens with zero attached hydrogens (tertiary/aromatic N) is 2. The summed E-state index contributed by atoms with van der Waals surface area (Å²) in [6, 6.07) is 5.56.